The first-order chi connectivity index (χ1) is 15.3. The first-order valence-electron chi connectivity index (χ1n) is 10.7. The summed E-state index contributed by atoms with van der Waals surface area (Å²) in [6.07, 6.45) is 0.975. The van der Waals surface area contributed by atoms with Gasteiger partial charge in [-0.05, 0) is 49.1 Å². The fraction of sp³-hybridized carbons (Fsp3) is 0.435. The van der Waals surface area contributed by atoms with Crippen LogP contribution in [-0.2, 0) is 20.6 Å². The van der Waals surface area contributed by atoms with Gasteiger partial charge < -0.3 is 14.8 Å². The van der Waals surface area contributed by atoms with E-state index in [1.54, 1.807) is 24.3 Å². The highest BCUT2D eigenvalue weighted by molar-refractivity contribution is 7.88. The van der Waals surface area contributed by atoms with Crippen LogP contribution in [0.2, 0.25) is 5.02 Å². The first-order valence-corrected chi connectivity index (χ1v) is 12.7. The van der Waals surface area contributed by atoms with E-state index >= 15 is 0 Å². The topological polar surface area (TPSA) is 84.9 Å². The fourth-order valence-electron chi connectivity index (χ4n) is 4.04. The molecule has 2 aromatic rings. The Hall–Kier alpha value is -2.29. The Balaban J connectivity index is 1.32. The Bertz CT molecular complexity index is 1080. The van der Waals surface area contributed by atoms with Gasteiger partial charge in [-0.2, -0.15) is 0 Å². The minimum atomic E-state index is -3.49. The van der Waals surface area contributed by atoms with E-state index in [1.165, 1.54) is 4.31 Å². The number of ether oxygens (including phenoxy) is 2. The second-order valence-corrected chi connectivity index (χ2v) is 10.5. The van der Waals surface area contributed by atoms with Crippen molar-refractivity contribution in [3.63, 3.8) is 0 Å². The summed E-state index contributed by atoms with van der Waals surface area (Å²) in [5, 5.41) is 3.50. The Morgan fingerprint density at radius 2 is 1.81 bits per heavy atom. The number of sulfonamides is 1. The average Bonchev–Trinajstić information content (AvgIpc) is 2.80. The number of nitrogens with zero attached hydrogens (tertiary/aromatic N) is 1. The lowest BCUT2D eigenvalue weighted by atomic mass is 9.96. The second kappa shape index (κ2) is 9.68. The van der Waals surface area contributed by atoms with Gasteiger partial charge in [0.25, 0.3) is 0 Å². The lowest BCUT2D eigenvalue weighted by Gasteiger charge is -2.31. The SMILES string of the molecule is C[C@@H](NC(=O)C1CCN(S(=O)(=O)Cc2ccccc2Cl)CC1)c1ccc2c(c1)OCCO2. The molecule has 2 aromatic carbocycles. The maximum Gasteiger partial charge on any atom is 0.223 e. The molecular formula is C23H27ClN2O5S. The van der Waals surface area contributed by atoms with E-state index < -0.39 is 10.0 Å². The zero-order chi connectivity index (χ0) is 22.7. The normalized spacial score (nSPS) is 18.2. The molecule has 0 bridgehead atoms. The quantitative estimate of drug-likeness (QED) is 0.686. The predicted octanol–water partition coefficient (Wildman–Crippen LogP) is 3.53. The predicted molar refractivity (Wildman–Crippen MR) is 122 cm³/mol. The molecule has 1 amide bonds. The molecule has 2 heterocycles. The molecule has 2 aliphatic heterocycles. The molecule has 7 nitrogen and oxygen atoms in total. The molecule has 2 aliphatic rings. The molecule has 0 unspecified atom stereocenters. The number of carbonyl (C=O) groups is 1. The summed E-state index contributed by atoms with van der Waals surface area (Å²) >= 11 is 6.12. The molecule has 1 N–H and O–H groups in total. The molecule has 0 saturated carbocycles. The van der Waals surface area contributed by atoms with Crippen molar-refractivity contribution in [1.29, 1.82) is 0 Å². The van der Waals surface area contributed by atoms with Crippen LogP contribution in [0.1, 0.15) is 36.9 Å². The molecule has 1 saturated heterocycles. The molecule has 0 aliphatic carbocycles. The maximum absolute atomic E-state index is 12.8. The monoisotopic (exact) mass is 478 g/mol. The molecule has 0 radical (unpaired) electrons. The van der Waals surface area contributed by atoms with Gasteiger partial charge in [0.05, 0.1) is 11.8 Å². The summed E-state index contributed by atoms with van der Waals surface area (Å²) < 4.78 is 38.2. The maximum atomic E-state index is 12.8. The smallest absolute Gasteiger partial charge is 0.223 e. The van der Waals surface area contributed by atoms with Crippen LogP contribution < -0.4 is 14.8 Å². The number of nitrogens with one attached hydrogen (secondary N) is 1. The number of amides is 1. The van der Waals surface area contributed by atoms with Crippen molar-refractivity contribution in [3.05, 3.63) is 58.6 Å². The number of rotatable bonds is 6. The number of piperidine rings is 1. The Kier molecular flexibility index (Phi) is 6.93. The van der Waals surface area contributed by atoms with E-state index in [1.807, 2.05) is 25.1 Å². The van der Waals surface area contributed by atoms with Gasteiger partial charge in [-0.25, -0.2) is 12.7 Å². The van der Waals surface area contributed by atoms with Crippen LogP contribution in [0.4, 0.5) is 0 Å². The van der Waals surface area contributed by atoms with Crippen molar-refractivity contribution < 1.29 is 22.7 Å². The summed E-state index contributed by atoms with van der Waals surface area (Å²) in [4.78, 5) is 12.8. The third-order valence-corrected chi connectivity index (χ3v) is 8.14. The van der Waals surface area contributed by atoms with E-state index in [4.69, 9.17) is 21.1 Å². The number of halogens is 1. The minimum Gasteiger partial charge on any atom is -0.486 e. The molecule has 9 heteroatoms. The van der Waals surface area contributed by atoms with E-state index in [0.29, 0.717) is 61.2 Å². The third-order valence-electron chi connectivity index (χ3n) is 5.94. The fourth-order valence-corrected chi connectivity index (χ4v) is 5.92. The summed E-state index contributed by atoms with van der Waals surface area (Å²) in [5.74, 6) is 0.984. The van der Waals surface area contributed by atoms with Crippen molar-refractivity contribution in [2.45, 2.75) is 31.6 Å². The number of fused-ring (bicyclic) bond motifs is 1. The summed E-state index contributed by atoms with van der Waals surface area (Å²) in [6, 6.07) is 12.4. The largest absolute Gasteiger partial charge is 0.486 e. The summed E-state index contributed by atoms with van der Waals surface area (Å²) in [5.41, 5.74) is 1.52. The zero-order valence-electron chi connectivity index (χ0n) is 17.9. The number of carbonyl (C=O) groups excluding carboxylic acids is 1. The van der Waals surface area contributed by atoms with Gasteiger partial charge in [0.15, 0.2) is 11.5 Å². The van der Waals surface area contributed by atoms with E-state index in [-0.39, 0.29) is 23.6 Å². The Labute approximate surface area is 193 Å². The van der Waals surface area contributed by atoms with E-state index in [2.05, 4.69) is 5.32 Å². The van der Waals surface area contributed by atoms with Crippen molar-refractivity contribution in [2.24, 2.45) is 5.92 Å². The standard InChI is InChI=1S/C23H27ClN2O5S/c1-16(18-6-7-21-22(14-18)31-13-12-30-21)25-23(27)17-8-10-26(11-9-17)32(28,29)15-19-4-2-3-5-20(19)24/h2-7,14,16-17H,8-13,15H2,1H3,(H,25,27)/t16-/m1/s1. The van der Waals surface area contributed by atoms with Crippen molar-refractivity contribution >= 4 is 27.5 Å². The van der Waals surface area contributed by atoms with Gasteiger partial charge in [-0.3, -0.25) is 4.79 Å². The van der Waals surface area contributed by atoms with Gasteiger partial charge in [0.1, 0.15) is 13.2 Å². The molecule has 172 valence electrons. The van der Waals surface area contributed by atoms with Crippen LogP contribution in [0, 0.1) is 5.92 Å². The molecule has 1 fully saturated rings. The van der Waals surface area contributed by atoms with Crippen molar-refractivity contribution in [2.75, 3.05) is 26.3 Å². The highest BCUT2D eigenvalue weighted by Crippen LogP contribution is 2.33. The van der Waals surface area contributed by atoms with Crippen LogP contribution in [0.25, 0.3) is 0 Å². The highest BCUT2D eigenvalue weighted by Gasteiger charge is 2.32. The lowest BCUT2D eigenvalue weighted by molar-refractivity contribution is -0.126. The van der Waals surface area contributed by atoms with E-state index in [9.17, 15) is 13.2 Å². The molecule has 0 spiro atoms. The minimum absolute atomic E-state index is 0.0597. The lowest BCUT2D eigenvalue weighted by Crippen LogP contribution is -2.43. The summed E-state index contributed by atoms with van der Waals surface area (Å²) in [7, 11) is -3.49. The van der Waals surface area contributed by atoms with Crippen LogP contribution in [0.3, 0.4) is 0 Å². The van der Waals surface area contributed by atoms with Crippen LogP contribution >= 0.6 is 11.6 Å². The zero-order valence-corrected chi connectivity index (χ0v) is 19.5. The molecule has 1 atom stereocenters. The van der Waals surface area contributed by atoms with Crippen LogP contribution in [0.15, 0.2) is 42.5 Å². The number of benzene rings is 2. The van der Waals surface area contributed by atoms with E-state index in [0.717, 1.165) is 5.56 Å². The van der Waals surface area contributed by atoms with Gasteiger partial charge in [-0.15, -0.1) is 0 Å². The Morgan fingerprint density at radius 3 is 2.53 bits per heavy atom. The Morgan fingerprint density at radius 1 is 1.12 bits per heavy atom. The van der Waals surface area contributed by atoms with Gasteiger partial charge in [-0.1, -0.05) is 35.9 Å². The number of hydrogen-bond donors (Lipinski definition) is 1. The second-order valence-electron chi connectivity index (χ2n) is 8.15. The summed E-state index contributed by atoms with van der Waals surface area (Å²) in [6.45, 7) is 3.61. The molecule has 0 aromatic heterocycles. The van der Waals surface area contributed by atoms with Gasteiger partial charge in [0, 0.05) is 24.0 Å². The van der Waals surface area contributed by atoms with Gasteiger partial charge in [0.2, 0.25) is 15.9 Å². The highest BCUT2D eigenvalue weighted by atomic mass is 35.5. The molecular weight excluding hydrogens is 452 g/mol. The van der Waals surface area contributed by atoms with Crippen LogP contribution in [0.5, 0.6) is 11.5 Å². The number of hydrogen-bond acceptors (Lipinski definition) is 5. The molecule has 32 heavy (non-hydrogen) atoms. The van der Waals surface area contributed by atoms with Crippen molar-refractivity contribution in [1.82, 2.24) is 9.62 Å². The van der Waals surface area contributed by atoms with Crippen molar-refractivity contribution in [3.8, 4) is 11.5 Å². The first kappa shape index (κ1) is 22.9. The van der Waals surface area contributed by atoms with Gasteiger partial charge >= 0.3 is 0 Å². The average molecular weight is 479 g/mol. The van der Waals surface area contributed by atoms with Crippen LogP contribution in [-0.4, -0.2) is 44.9 Å². The molecule has 4 rings (SSSR count). The third kappa shape index (κ3) is 5.19.